The summed E-state index contributed by atoms with van der Waals surface area (Å²) in [4.78, 5) is 23.5. The molecule has 0 radical (unpaired) electrons. The lowest BCUT2D eigenvalue weighted by Gasteiger charge is -2.06. The van der Waals surface area contributed by atoms with Crippen molar-refractivity contribution >= 4 is 59.4 Å². The third-order valence-electron chi connectivity index (χ3n) is 2.04. The molecule has 1 aliphatic rings. The van der Waals surface area contributed by atoms with Gasteiger partial charge in [-0.05, 0) is 18.2 Å². The zero-order chi connectivity index (χ0) is 10.5. The van der Waals surface area contributed by atoms with Crippen LogP contribution < -0.4 is 0 Å². The summed E-state index contributed by atoms with van der Waals surface area (Å²) < 4.78 is -0.474. The molecule has 0 aromatic heterocycles. The Morgan fingerprint density at radius 3 is 2.21 bits per heavy atom. The standard InChI is InChI=1S/C9H3Br3O2/c10-4-1-2-5-6(3-4)8(14)9(11,12)7(5)13/h1-3H. The van der Waals surface area contributed by atoms with E-state index in [1.54, 1.807) is 18.2 Å². The maximum atomic E-state index is 11.7. The van der Waals surface area contributed by atoms with Crippen molar-refractivity contribution in [2.24, 2.45) is 0 Å². The number of hydrogen-bond donors (Lipinski definition) is 0. The molecule has 2 nitrogen and oxygen atoms in total. The molecule has 0 amide bonds. The maximum Gasteiger partial charge on any atom is 0.205 e. The highest BCUT2D eigenvalue weighted by Crippen LogP contribution is 2.41. The first-order chi connectivity index (χ1) is 6.44. The van der Waals surface area contributed by atoms with Crippen molar-refractivity contribution in [2.75, 3.05) is 0 Å². The average Bonchev–Trinajstić information content (AvgIpc) is 2.29. The van der Waals surface area contributed by atoms with Crippen LogP contribution in [0.15, 0.2) is 22.7 Å². The Kier molecular flexibility index (Phi) is 2.44. The maximum absolute atomic E-state index is 11.7. The molecule has 0 heterocycles. The summed E-state index contributed by atoms with van der Waals surface area (Å²) in [5, 5.41) is 0. The number of halogens is 3. The lowest BCUT2D eigenvalue weighted by atomic mass is 10.1. The van der Waals surface area contributed by atoms with Gasteiger partial charge in [0.2, 0.25) is 3.23 Å². The van der Waals surface area contributed by atoms with E-state index in [-0.39, 0.29) is 11.6 Å². The molecule has 1 aromatic carbocycles. The van der Waals surface area contributed by atoms with E-state index in [1.807, 2.05) is 0 Å². The van der Waals surface area contributed by atoms with Gasteiger partial charge in [0.05, 0.1) is 0 Å². The van der Waals surface area contributed by atoms with Crippen LogP contribution in [0.4, 0.5) is 0 Å². The zero-order valence-corrected chi connectivity index (χ0v) is 11.4. The molecule has 0 bridgehead atoms. The molecule has 0 unspecified atom stereocenters. The van der Waals surface area contributed by atoms with E-state index in [0.29, 0.717) is 11.1 Å². The van der Waals surface area contributed by atoms with Crippen LogP contribution in [0.3, 0.4) is 0 Å². The van der Waals surface area contributed by atoms with E-state index in [4.69, 9.17) is 0 Å². The number of alkyl halides is 2. The fraction of sp³-hybridized carbons (Fsp3) is 0.111. The molecule has 0 saturated heterocycles. The Morgan fingerprint density at radius 1 is 1.00 bits per heavy atom. The molecule has 0 spiro atoms. The predicted molar refractivity (Wildman–Crippen MR) is 63.4 cm³/mol. The number of hydrogen-bond acceptors (Lipinski definition) is 2. The highest BCUT2D eigenvalue weighted by Gasteiger charge is 2.49. The topological polar surface area (TPSA) is 34.1 Å². The summed E-state index contributed by atoms with van der Waals surface area (Å²) in [6.07, 6.45) is 0. The molecule has 2 rings (SSSR count). The van der Waals surface area contributed by atoms with Crippen molar-refractivity contribution in [3.63, 3.8) is 0 Å². The van der Waals surface area contributed by atoms with Gasteiger partial charge in [-0.1, -0.05) is 47.8 Å². The number of benzene rings is 1. The Morgan fingerprint density at radius 2 is 1.57 bits per heavy atom. The van der Waals surface area contributed by atoms with Gasteiger partial charge in [0, 0.05) is 15.6 Å². The number of carbonyl (C=O) groups excluding carboxylic acids is 2. The third-order valence-corrected chi connectivity index (χ3v) is 3.97. The zero-order valence-electron chi connectivity index (χ0n) is 6.68. The number of rotatable bonds is 0. The minimum absolute atomic E-state index is 0.245. The molecule has 14 heavy (non-hydrogen) atoms. The summed E-state index contributed by atoms with van der Waals surface area (Å²) in [5.41, 5.74) is 0.894. The summed E-state index contributed by atoms with van der Waals surface area (Å²) in [6, 6.07) is 5.04. The summed E-state index contributed by atoms with van der Waals surface area (Å²) in [6.45, 7) is 0. The normalized spacial score (nSPS) is 18.5. The molecule has 0 saturated carbocycles. The lowest BCUT2D eigenvalue weighted by Crippen LogP contribution is -2.25. The minimum Gasteiger partial charge on any atom is -0.291 e. The number of fused-ring (bicyclic) bond motifs is 1. The van der Waals surface area contributed by atoms with Crippen molar-refractivity contribution in [1.29, 1.82) is 0 Å². The van der Waals surface area contributed by atoms with E-state index in [1.165, 1.54) is 0 Å². The largest absolute Gasteiger partial charge is 0.291 e. The van der Waals surface area contributed by atoms with Gasteiger partial charge in [-0.15, -0.1) is 0 Å². The van der Waals surface area contributed by atoms with Crippen LogP contribution >= 0.6 is 47.8 Å². The Balaban J connectivity index is 2.71. The van der Waals surface area contributed by atoms with Gasteiger partial charge in [-0.2, -0.15) is 0 Å². The molecule has 0 fully saturated rings. The number of ketones is 2. The molecule has 0 aliphatic heterocycles. The van der Waals surface area contributed by atoms with Gasteiger partial charge < -0.3 is 0 Å². The Labute approximate surface area is 105 Å². The second-order valence-electron chi connectivity index (χ2n) is 2.92. The van der Waals surface area contributed by atoms with Crippen molar-refractivity contribution in [3.05, 3.63) is 33.8 Å². The summed E-state index contributed by atoms with van der Waals surface area (Å²) in [7, 11) is 0. The lowest BCUT2D eigenvalue weighted by molar-refractivity contribution is 0.0922. The number of Topliss-reactive ketones (excluding diaryl/α,β-unsaturated/α-hetero) is 2. The van der Waals surface area contributed by atoms with Crippen LogP contribution in [-0.4, -0.2) is 14.8 Å². The van der Waals surface area contributed by atoms with Gasteiger partial charge in [0.15, 0.2) is 11.6 Å². The van der Waals surface area contributed by atoms with E-state index >= 15 is 0 Å². The van der Waals surface area contributed by atoms with Crippen LogP contribution in [-0.2, 0) is 0 Å². The van der Waals surface area contributed by atoms with E-state index in [9.17, 15) is 9.59 Å². The van der Waals surface area contributed by atoms with E-state index < -0.39 is 3.23 Å². The quantitative estimate of drug-likeness (QED) is 0.509. The minimum atomic E-state index is -1.26. The smallest absolute Gasteiger partial charge is 0.205 e. The first-order valence-electron chi connectivity index (χ1n) is 3.71. The van der Waals surface area contributed by atoms with Gasteiger partial charge >= 0.3 is 0 Å². The van der Waals surface area contributed by atoms with Crippen LogP contribution in [0.2, 0.25) is 0 Å². The fourth-order valence-corrected chi connectivity index (χ4v) is 2.56. The molecule has 0 N–H and O–H groups in total. The van der Waals surface area contributed by atoms with E-state index in [2.05, 4.69) is 47.8 Å². The van der Waals surface area contributed by atoms with Crippen LogP contribution in [0.25, 0.3) is 0 Å². The highest BCUT2D eigenvalue weighted by molar-refractivity contribution is 9.26. The summed E-state index contributed by atoms with van der Waals surface area (Å²) in [5.74, 6) is -0.496. The molecule has 1 aliphatic carbocycles. The van der Waals surface area contributed by atoms with Crippen LogP contribution in [0.5, 0.6) is 0 Å². The van der Waals surface area contributed by atoms with Crippen molar-refractivity contribution < 1.29 is 9.59 Å². The molecule has 1 aromatic rings. The molecular formula is C9H3Br3O2. The summed E-state index contributed by atoms with van der Waals surface area (Å²) >= 11 is 9.42. The van der Waals surface area contributed by atoms with Crippen LogP contribution in [0, 0.1) is 0 Å². The van der Waals surface area contributed by atoms with E-state index in [0.717, 1.165) is 4.47 Å². The average molecular weight is 383 g/mol. The SMILES string of the molecule is O=C1c2ccc(Br)cc2C(=O)C1(Br)Br. The first-order valence-corrected chi connectivity index (χ1v) is 6.09. The van der Waals surface area contributed by atoms with Crippen molar-refractivity contribution in [1.82, 2.24) is 0 Å². The van der Waals surface area contributed by atoms with Crippen molar-refractivity contribution in [2.45, 2.75) is 3.23 Å². The Bertz CT molecular complexity index is 451. The first kappa shape index (κ1) is 10.5. The molecular weight excluding hydrogens is 380 g/mol. The Hall–Kier alpha value is -0.000000000000000222. The van der Waals surface area contributed by atoms with Crippen molar-refractivity contribution in [3.8, 4) is 0 Å². The second kappa shape index (κ2) is 3.25. The monoisotopic (exact) mass is 380 g/mol. The molecule has 72 valence electrons. The van der Waals surface area contributed by atoms with Gasteiger partial charge in [0.1, 0.15) is 0 Å². The van der Waals surface area contributed by atoms with Gasteiger partial charge in [-0.3, -0.25) is 9.59 Å². The predicted octanol–water partition coefficient (Wildman–Crippen LogP) is 3.31. The molecule has 5 heteroatoms. The van der Waals surface area contributed by atoms with Crippen LogP contribution in [0.1, 0.15) is 20.7 Å². The van der Waals surface area contributed by atoms with Gasteiger partial charge in [-0.25, -0.2) is 0 Å². The molecule has 0 atom stereocenters. The fourth-order valence-electron chi connectivity index (χ4n) is 1.34. The van der Waals surface area contributed by atoms with Gasteiger partial charge in [0.25, 0.3) is 0 Å². The number of carbonyl (C=O) groups is 2. The third kappa shape index (κ3) is 1.33. The highest BCUT2D eigenvalue weighted by atomic mass is 79.9. The second-order valence-corrected chi connectivity index (χ2v) is 7.28.